The van der Waals surface area contributed by atoms with Gasteiger partial charge < -0.3 is 9.84 Å². The molecule has 0 saturated heterocycles. The zero-order chi connectivity index (χ0) is 12.4. The summed E-state index contributed by atoms with van der Waals surface area (Å²) in [6, 6.07) is 7.74. The predicted octanol–water partition coefficient (Wildman–Crippen LogP) is 3.35. The first-order chi connectivity index (χ1) is 8.11. The normalized spacial score (nSPS) is 10.3. The summed E-state index contributed by atoms with van der Waals surface area (Å²) >= 11 is 0. The third-order valence-corrected chi connectivity index (χ3v) is 2.42. The molecule has 0 aliphatic carbocycles. The van der Waals surface area contributed by atoms with Gasteiger partial charge in [-0.05, 0) is 24.3 Å². The van der Waals surface area contributed by atoms with Crippen LogP contribution in [-0.4, -0.2) is 12.2 Å². The van der Waals surface area contributed by atoms with E-state index in [1.165, 1.54) is 31.4 Å². The molecule has 0 amide bonds. The second-order valence-corrected chi connectivity index (χ2v) is 3.51. The van der Waals surface area contributed by atoms with E-state index in [1.807, 2.05) is 0 Å². The molecule has 17 heavy (non-hydrogen) atoms. The number of phenolic OH excluding ortho intramolecular Hbond substituents is 1. The highest BCUT2D eigenvalue weighted by atomic mass is 19.1. The molecular weight excluding hydrogens is 226 g/mol. The maximum atomic E-state index is 13.7. The SMILES string of the molecule is COc1ccc(-c2ccc(O)cc2F)c(F)c1. The summed E-state index contributed by atoms with van der Waals surface area (Å²) in [5, 5.41) is 9.08. The Balaban J connectivity index is 2.53. The Morgan fingerprint density at radius 1 is 0.941 bits per heavy atom. The number of methoxy groups -OCH3 is 1. The number of benzene rings is 2. The van der Waals surface area contributed by atoms with Gasteiger partial charge in [-0.15, -0.1) is 0 Å². The molecule has 0 radical (unpaired) electrons. The summed E-state index contributed by atoms with van der Waals surface area (Å²) < 4.78 is 32.1. The first-order valence-corrected chi connectivity index (χ1v) is 4.94. The Bertz CT molecular complexity index is 553. The number of halogens is 2. The molecule has 2 aromatic carbocycles. The summed E-state index contributed by atoms with van der Waals surface area (Å²) in [7, 11) is 1.43. The zero-order valence-electron chi connectivity index (χ0n) is 9.08. The number of rotatable bonds is 2. The van der Waals surface area contributed by atoms with Crippen molar-refractivity contribution in [2.45, 2.75) is 0 Å². The highest BCUT2D eigenvalue weighted by molar-refractivity contribution is 5.66. The van der Waals surface area contributed by atoms with Crippen molar-refractivity contribution in [3.8, 4) is 22.6 Å². The fourth-order valence-electron chi connectivity index (χ4n) is 1.56. The van der Waals surface area contributed by atoms with Crippen molar-refractivity contribution in [3.63, 3.8) is 0 Å². The highest BCUT2D eigenvalue weighted by Crippen LogP contribution is 2.29. The van der Waals surface area contributed by atoms with Crippen molar-refractivity contribution in [2.24, 2.45) is 0 Å². The van der Waals surface area contributed by atoms with Gasteiger partial charge in [0.25, 0.3) is 0 Å². The van der Waals surface area contributed by atoms with E-state index >= 15 is 0 Å². The van der Waals surface area contributed by atoms with E-state index in [1.54, 1.807) is 6.07 Å². The topological polar surface area (TPSA) is 29.5 Å². The molecule has 0 heterocycles. The summed E-state index contributed by atoms with van der Waals surface area (Å²) in [5.41, 5.74) is 0.228. The maximum absolute atomic E-state index is 13.7. The molecule has 0 spiro atoms. The van der Waals surface area contributed by atoms with Gasteiger partial charge in [-0.1, -0.05) is 0 Å². The minimum Gasteiger partial charge on any atom is -0.508 e. The van der Waals surface area contributed by atoms with Crippen LogP contribution in [0.2, 0.25) is 0 Å². The highest BCUT2D eigenvalue weighted by Gasteiger charge is 2.11. The van der Waals surface area contributed by atoms with Crippen LogP contribution < -0.4 is 4.74 Å². The molecule has 0 aliphatic heterocycles. The molecule has 4 heteroatoms. The second-order valence-electron chi connectivity index (χ2n) is 3.51. The first kappa shape index (κ1) is 11.4. The van der Waals surface area contributed by atoms with E-state index in [9.17, 15) is 8.78 Å². The lowest BCUT2D eigenvalue weighted by atomic mass is 10.0. The molecule has 0 fully saturated rings. The van der Waals surface area contributed by atoms with Gasteiger partial charge in [0.05, 0.1) is 7.11 Å². The van der Waals surface area contributed by atoms with Gasteiger partial charge in [0.15, 0.2) is 0 Å². The van der Waals surface area contributed by atoms with Crippen molar-refractivity contribution in [3.05, 3.63) is 48.0 Å². The Labute approximate surface area is 97.1 Å². The smallest absolute Gasteiger partial charge is 0.134 e. The van der Waals surface area contributed by atoms with Crippen LogP contribution in [0.3, 0.4) is 0 Å². The van der Waals surface area contributed by atoms with Gasteiger partial charge in [-0.2, -0.15) is 0 Å². The van der Waals surface area contributed by atoms with Crippen LogP contribution in [0.25, 0.3) is 11.1 Å². The molecule has 88 valence electrons. The molecule has 0 aliphatic rings. The summed E-state index contributed by atoms with van der Waals surface area (Å²) in [6.07, 6.45) is 0. The van der Waals surface area contributed by atoms with E-state index in [0.717, 1.165) is 6.07 Å². The molecule has 1 N–H and O–H groups in total. The van der Waals surface area contributed by atoms with Gasteiger partial charge >= 0.3 is 0 Å². The van der Waals surface area contributed by atoms with Crippen LogP contribution >= 0.6 is 0 Å². The average Bonchev–Trinajstić information content (AvgIpc) is 2.30. The van der Waals surface area contributed by atoms with Crippen molar-refractivity contribution >= 4 is 0 Å². The molecule has 0 aromatic heterocycles. The average molecular weight is 236 g/mol. The molecule has 2 nitrogen and oxygen atoms in total. The summed E-state index contributed by atoms with van der Waals surface area (Å²) in [4.78, 5) is 0. The Kier molecular flexibility index (Phi) is 2.95. The van der Waals surface area contributed by atoms with Gasteiger partial charge in [-0.25, -0.2) is 8.78 Å². The molecular formula is C13H10F2O2. The first-order valence-electron chi connectivity index (χ1n) is 4.94. The lowest BCUT2D eigenvalue weighted by Crippen LogP contribution is -1.90. The number of ether oxygens (including phenoxy) is 1. The summed E-state index contributed by atoms with van der Waals surface area (Å²) in [5.74, 6) is -1.08. The van der Waals surface area contributed by atoms with Gasteiger partial charge in [-0.3, -0.25) is 0 Å². The largest absolute Gasteiger partial charge is 0.508 e. The van der Waals surface area contributed by atoms with Crippen LogP contribution in [-0.2, 0) is 0 Å². The van der Waals surface area contributed by atoms with Crippen LogP contribution in [0.15, 0.2) is 36.4 Å². The minimum atomic E-state index is -0.672. The zero-order valence-corrected chi connectivity index (χ0v) is 9.08. The quantitative estimate of drug-likeness (QED) is 0.866. The Morgan fingerprint density at radius 2 is 1.53 bits per heavy atom. The molecule has 2 rings (SSSR count). The van der Waals surface area contributed by atoms with Crippen LogP contribution in [0, 0.1) is 11.6 Å². The maximum Gasteiger partial charge on any atom is 0.134 e. The fourth-order valence-corrected chi connectivity index (χ4v) is 1.56. The van der Waals surface area contributed by atoms with E-state index in [4.69, 9.17) is 9.84 Å². The third kappa shape index (κ3) is 2.20. The minimum absolute atomic E-state index is 0.1000. The van der Waals surface area contributed by atoms with Crippen LogP contribution in [0.1, 0.15) is 0 Å². The molecule has 0 bridgehead atoms. The molecule has 0 saturated carbocycles. The fraction of sp³-hybridized carbons (Fsp3) is 0.0769. The molecule has 2 aromatic rings. The molecule has 0 unspecified atom stereocenters. The molecule has 0 atom stereocenters. The third-order valence-electron chi connectivity index (χ3n) is 2.42. The number of hydrogen-bond acceptors (Lipinski definition) is 2. The Hall–Kier alpha value is -2.10. The van der Waals surface area contributed by atoms with Crippen molar-refractivity contribution < 1.29 is 18.6 Å². The van der Waals surface area contributed by atoms with E-state index < -0.39 is 11.6 Å². The van der Waals surface area contributed by atoms with Crippen molar-refractivity contribution in [1.29, 1.82) is 0 Å². The monoisotopic (exact) mass is 236 g/mol. The van der Waals surface area contributed by atoms with Gasteiger partial charge in [0.2, 0.25) is 0 Å². The van der Waals surface area contributed by atoms with E-state index in [-0.39, 0.29) is 16.9 Å². The number of hydrogen-bond donors (Lipinski definition) is 1. The van der Waals surface area contributed by atoms with Crippen LogP contribution in [0.4, 0.5) is 8.78 Å². The summed E-state index contributed by atoms with van der Waals surface area (Å²) in [6.45, 7) is 0. The van der Waals surface area contributed by atoms with Crippen molar-refractivity contribution in [2.75, 3.05) is 7.11 Å². The predicted molar refractivity (Wildman–Crippen MR) is 60.0 cm³/mol. The van der Waals surface area contributed by atoms with Crippen molar-refractivity contribution in [1.82, 2.24) is 0 Å². The lowest BCUT2D eigenvalue weighted by Gasteiger charge is -2.07. The van der Waals surface area contributed by atoms with E-state index in [2.05, 4.69) is 0 Å². The number of aromatic hydroxyl groups is 1. The lowest BCUT2D eigenvalue weighted by molar-refractivity contribution is 0.411. The van der Waals surface area contributed by atoms with Gasteiger partial charge in [0.1, 0.15) is 23.1 Å². The second kappa shape index (κ2) is 4.41. The number of phenols is 1. The Morgan fingerprint density at radius 3 is 2.06 bits per heavy atom. The van der Waals surface area contributed by atoms with Crippen LogP contribution in [0.5, 0.6) is 11.5 Å². The van der Waals surface area contributed by atoms with E-state index in [0.29, 0.717) is 5.75 Å². The standard InChI is InChI=1S/C13H10F2O2/c1-17-9-3-5-11(13(15)7-9)10-4-2-8(16)6-12(10)14/h2-7,16H,1H3. The van der Waals surface area contributed by atoms with Gasteiger partial charge in [0, 0.05) is 23.3 Å².